The first-order chi connectivity index (χ1) is 10.8. The number of fused-ring (bicyclic) bond motifs is 1. The fourth-order valence-corrected chi connectivity index (χ4v) is 2.98. The molecule has 5 nitrogen and oxygen atoms in total. The quantitative estimate of drug-likeness (QED) is 0.859. The molecule has 5 heteroatoms. The molecular weight excluding hydrogens is 276 g/mol. The molecule has 22 heavy (non-hydrogen) atoms. The van der Waals surface area contributed by atoms with E-state index in [1.165, 1.54) is 5.56 Å². The van der Waals surface area contributed by atoms with E-state index in [4.69, 9.17) is 15.5 Å². The Hall–Kier alpha value is -2.40. The summed E-state index contributed by atoms with van der Waals surface area (Å²) in [4.78, 5) is 11.4. The van der Waals surface area contributed by atoms with Crippen LogP contribution in [-0.4, -0.2) is 37.0 Å². The van der Waals surface area contributed by atoms with Crippen molar-refractivity contribution in [3.05, 3.63) is 53.2 Å². The molecule has 2 aromatic rings. The summed E-state index contributed by atoms with van der Waals surface area (Å²) in [6.45, 7) is 4.00. The predicted molar refractivity (Wildman–Crippen MR) is 87.5 cm³/mol. The zero-order chi connectivity index (χ0) is 14.9. The number of morpholine rings is 1. The summed E-state index contributed by atoms with van der Waals surface area (Å²) in [5.41, 5.74) is 11.2. The van der Waals surface area contributed by atoms with Gasteiger partial charge < -0.3 is 15.4 Å². The van der Waals surface area contributed by atoms with Gasteiger partial charge in [-0.25, -0.2) is 4.98 Å². The van der Waals surface area contributed by atoms with Crippen LogP contribution < -0.4 is 10.6 Å². The van der Waals surface area contributed by atoms with Crippen molar-refractivity contribution in [3.63, 3.8) is 0 Å². The van der Waals surface area contributed by atoms with Crippen LogP contribution in [0.4, 0.5) is 11.5 Å². The number of rotatable bonds is 2. The Bertz CT molecular complexity index is 735. The van der Waals surface area contributed by atoms with E-state index in [1.807, 2.05) is 24.4 Å². The van der Waals surface area contributed by atoms with Crippen molar-refractivity contribution in [2.45, 2.75) is 6.54 Å². The molecule has 0 saturated carbocycles. The van der Waals surface area contributed by atoms with E-state index in [1.54, 1.807) is 0 Å². The molecule has 1 saturated heterocycles. The molecular formula is C17H18N4O. The summed E-state index contributed by atoms with van der Waals surface area (Å²) in [6.07, 6.45) is 1.85. The van der Waals surface area contributed by atoms with E-state index in [9.17, 15) is 0 Å². The average molecular weight is 294 g/mol. The Morgan fingerprint density at radius 1 is 1.09 bits per heavy atom. The van der Waals surface area contributed by atoms with Gasteiger partial charge in [0.25, 0.3) is 0 Å². The lowest BCUT2D eigenvalue weighted by atomic mass is 10.00. The topological polar surface area (TPSA) is 63.7 Å². The first-order valence-corrected chi connectivity index (χ1v) is 7.53. The van der Waals surface area contributed by atoms with Gasteiger partial charge in [0, 0.05) is 36.1 Å². The minimum absolute atomic E-state index is 0.722. The number of hydrogen-bond acceptors (Lipinski definition) is 5. The summed E-state index contributed by atoms with van der Waals surface area (Å²) in [5, 5.41) is 0. The number of anilines is 2. The number of aromatic nitrogens is 1. The highest BCUT2D eigenvalue weighted by Crippen LogP contribution is 2.26. The number of ether oxygens (including phenoxy) is 1. The van der Waals surface area contributed by atoms with E-state index < -0.39 is 0 Å². The molecule has 2 N–H and O–H groups in total. The maximum atomic E-state index is 5.93. The molecule has 1 fully saturated rings. The maximum absolute atomic E-state index is 5.93. The van der Waals surface area contributed by atoms with Crippen LogP contribution >= 0.6 is 0 Å². The standard InChI is InChI=1S/C17H18N4O/c18-14-2-1-13-11-20-17(15(13)10-14)12-3-4-19-16(9-12)21-5-7-22-8-6-21/h1-4,9-10H,5-8,11,18H2. The third-order valence-electron chi connectivity index (χ3n) is 4.15. The second kappa shape index (κ2) is 5.42. The SMILES string of the molecule is Nc1ccc2c(c1)C(c1ccnc(N3CCOCC3)c1)=NC2. The van der Waals surface area contributed by atoms with E-state index in [-0.39, 0.29) is 0 Å². The Balaban J connectivity index is 1.68. The van der Waals surface area contributed by atoms with Crippen molar-refractivity contribution in [3.8, 4) is 0 Å². The third kappa shape index (κ3) is 2.33. The molecule has 2 aliphatic heterocycles. The lowest BCUT2D eigenvalue weighted by Crippen LogP contribution is -2.36. The van der Waals surface area contributed by atoms with Gasteiger partial charge in [-0.1, -0.05) is 6.07 Å². The normalized spacial score (nSPS) is 17.3. The molecule has 0 atom stereocenters. The molecule has 1 aromatic carbocycles. The van der Waals surface area contributed by atoms with Crippen molar-refractivity contribution in [2.75, 3.05) is 36.9 Å². The van der Waals surface area contributed by atoms with E-state index >= 15 is 0 Å². The number of pyridine rings is 1. The molecule has 1 aromatic heterocycles. The highest BCUT2D eigenvalue weighted by molar-refractivity contribution is 6.15. The van der Waals surface area contributed by atoms with Gasteiger partial charge in [0.05, 0.1) is 25.5 Å². The Morgan fingerprint density at radius 3 is 2.82 bits per heavy atom. The molecule has 0 spiro atoms. The summed E-state index contributed by atoms with van der Waals surface area (Å²) < 4.78 is 5.40. The number of nitrogen functional groups attached to an aromatic ring is 1. The number of hydrogen-bond donors (Lipinski definition) is 1. The summed E-state index contributed by atoms with van der Waals surface area (Å²) in [6, 6.07) is 10.1. The monoisotopic (exact) mass is 294 g/mol. The molecule has 2 aliphatic rings. The fourth-order valence-electron chi connectivity index (χ4n) is 2.98. The van der Waals surface area contributed by atoms with Gasteiger partial charge >= 0.3 is 0 Å². The molecule has 0 amide bonds. The first kappa shape index (κ1) is 13.3. The van der Waals surface area contributed by atoms with E-state index in [0.717, 1.165) is 61.2 Å². The molecule has 0 radical (unpaired) electrons. The molecule has 4 rings (SSSR count). The second-order valence-corrected chi connectivity index (χ2v) is 5.58. The summed E-state index contributed by atoms with van der Waals surface area (Å²) >= 11 is 0. The van der Waals surface area contributed by atoms with Gasteiger partial charge in [0.1, 0.15) is 5.82 Å². The fraction of sp³-hybridized carbons (Fsp3) is 0.294. The maximum Gasteiger partial charge on any atom is 0.129 e. The number of nitrogens with two attached hydrogens (primary N) is 1. The van der Waals surface area contributed by atoms with Crippen molar-refractivity contribution in [1.29, 1.82) is 0 Å². The first-order valence-electron chi connectivity index (χ1n) is 7.53. The third-order valence-corrected chi connectivity index (χ3v) is 4.15. The van der Waals surface area contributed by atoms with Crippen molar-refractivity contribution in [1.82, 2.24) is 4.98 Å². The van der Waals surface area contributed by atoms with Crippen LogP contribution in [0.3, 0.4) is 0 Å². The zero-order valence-corrected chi connectivity index (χ0v) is 12.3. The smallest absolute Gasteiger partial charge is 0.129 e. The molecule has 0 aliphatic carbocycles. The van der Waals surface area contributed by atoms with Crippen LogP contribution in [0.1, 0.15) is 16.7 Å². The number of benzene rings is 1. The van der Waals surface area contributed by atoms with Gasteiger partial charge in [-0.15, -0.1) is 0 Å². The van der Waals surface area contributed by atoms with Crippen LogP contribution in [-0.2, 0) is 11.3 Å². The number of aliphatic imine (C=N–C) groups is 1. The lowest BCUT2D eigenvalue weighted by Gasteiger charge is -2.28. The van der Waals surface area contributed by atoms with Crippen molar-refractivity contribution < 1.29 is 4.74 Å². The van der Waals surface area contributed by atoms with Gasteiger partial charge in [-0.05, 0) is 29.8 Å². The zero-order valence-electron chi connectivity index (χ0n) is 12.3. The Kier molecular flexibility index (Phi) is 3.27. The van der Waals surface area contributed by atoms with E-state index in [2.05, 4.69) is 22.0 Å². The highest BCUT2D eigenvalue weighted by atomic mass is 16.5. The van der Waals surface area contributed by atoms with E-state index in [0.29, 0.717) is 0 Å². The Labute approximate surface area is 129 Å². The lowest BCUT2D eigenvalue weighted by molar-refractivity contribution is 0.122. The second-order valence-electron chi connectivity index (χ2n) is 5.58. The van der Waals surface area contributed by atoms with Gasteiger partial charge in [-0.2, -0.15) is 0 Å². The molecule has 0 bridgehead atoms. The minimum Gasteiger partial charge on any atom is -0.399 e. The average Bonchev–Trinajstić information content (AvgIpc) is 2.99. The molecule has 112 valence electrons. The largest absolute Gasteiger partial charge is 0.399 e. The van der Waals surface area contributed by atoms with Crippen LogP contribution in [0.2, 0.25) is 0 Å². The Morgan fingerprint density at radius 2 is 1.95 bits per heavy atom. The molecule has 0 unspecified atom stereocenters. The number of nitrogens with zero attached hydrogens (tertiary/aromatic N) is 3. The summed E-state index contributed by atoms with van der Waals surface area (Å²) in [7, 11) is 0. The minimum atomic E-state index is 0.722. The van der Waals surface area contributed by atoms with Gasteiger partial charge in [-0.3, -0.25) is 4.99 Å². The van der Waals surface area contributed by atoms with Crippen LogP contribution in [0.25, 0.3) is 0 Å². The van der Waals surface area contributed by atoms with Gasteiger partial charge in [0.15, 0.2) is 0 Å². The highest BCUT2D eigenvalue weighted by Gasteiger charge is 2.19. The predicted octanol–water partition coefficient (Wildman–Crippen LogP) is 1.85. The van der Waals surface area contributed by atoms with Crippen molar-refractivity contribution >= 4 is 17.2 Å². The molecule has 3 heterocycles. The van der Waals surface area contributed by atoms with Crippen molar-refractivity contribution in [2.24, 2.45) is 4.99 Å². The van der Waals surface area contributed by atoms with Gasteiger partial charge in [0.2, 0.25) is 0 Å². The van der Waals surface area contributed by atoms with Crippen LogP contribution in [0, 0.1) is 0 Å². The van der Waals surface area contributed by atoms with Crippen LogP contribution in [0.5, 0.6) is 0 Å². The van der Waals surface area contributed by atoms with Crippen LogP contribution in [0.15, 0.2) is 41.5 Å². The summed E-state index contributed by atoms with van der Waals surface area (Å²) in [5.74, 6) is 0.987.